The average Bonchev–Trinajstić information content (AvgIpc) is 1.78. The third-order valence-corrected chi connectivity index (χ3v) is 2.66. The molecule has 0 heterocycles. The normalized spacial score (nSPS) is 15.8. The van der Waals surface area contributed by atoms with Gasteiger partial charge in [-0.15, -0.1) is 0 Å². The highest BCUT2D eigenvalue weighted by atomic mass is 32.2. The first-order valence-electron chi connectivity index (χ1n) is 4.62. The summed E-state index contributed by atoms with van der Waals surface area (Å²) in [5.74, 6) is 0.600. The molecular formula is C10H22O2S. The van der Waals surface area contributed by atoms with Crippen molar-refractivity contribution < 1.29 is 8.39 Å². The first-order chi connectivity index (χ1) is 5.60. The van der Waals surface area contributed by atoms with Crippen LogP contribution in [0.4, 0.5) is 0 Å². The van der Waals surface area contributed by atoms with Gasteiger partial charge in [-0.1, -0.05) is 41.5 Å². The molecule has 0 aliphatic rings. The first-order valence-corrected chi connectivity index (χ1v) is 5.86. The van der Waals surface area contributed by atoms with Crippen LogP contribution in [0.15, 0.2) is 0 Å². The molecule has 0 aromatic carbocycles. The number of rotatable bonds is 3. The van der Waals surface area contributed by atoms with E-state index in [4.69, 9.17) is 4.18 Å². The lowest BCUT2D eigenvalue weighted by Crippen LogP contribution is -2.22. The fourth-order valence-corrected chi connectivity index (χ4v) is 1.91. The van der Waals surface area contributed by atoms with E-state index < -0.39 is 11.1 Å². The van der Waals surface area contributed by atoms with Gasteiger partial charge in [-0.05, 0) is 10.8 Å². The van der Waals surface area contributed by atoms with Gasteiger partial charge in [0.1, 0.15) is 0 Å². The molecule has 0 N–H and O–H groups in total. The Hall–Kier alpha value is 0.110. The molecule has 0 spiro atoms. The Morgan fingerprint density at radius 3 is 1.77 bits per heavy atom. The lowest BCUT2D eigenvalue weighted by Gasteiger charge is -2.20. The van der Waals surface area contributed by atoms with E-state index in [1.807, 2.05) is 0 Å². The van der Waals surface area contributed by atoms with Gasteiger partial charge in [0.15, 0.2) is 11.1 Å². The maximum Gasteiger partial charge on any atom is 0.155 e. The Labute approximate surface area is 84.7 Å². The summed E-state index contributed by atoms with van der Waals surface area (Å²) >= 11 is -1.14. The SMILES string of the molecule is CC(C)(C)COS(=O)CC(C)(C)C. The van der Waals surface area contributed by atoms with E-state index in [-0.39, 0.29) is 10.8 Å². The average molecular weight is 206 g/mol. The Balaban J connectivity index is 3.78. The quantitative estimate of drug-likeness (QED) is 0.709. The fourth-order valence-electron chi connectivity index (χ4n) is 0.638. The van der Waals surface area contributed by atoms with Gasteiger partial charge in [-0.2, -0.15) is 0 Å². The predicted molar refractivity (Wildman–Crippen MR) is 57.9 cm³/mol. The lowest BCUT2D eigenvalue weighted by molar-refractivity contribution is 0.213. The van der Waals surface area contributed by atoms with Crippen LogP contribution in [-0.4, -0.2) is 16.6 Å². The molecule has 80 valence electrons. The maximum atomic E-state index is 11.4. The summed E-state index contributed by atoms with van der Waals surface area (Å²) in [4.78, 5) is 0. The molecule has 0 bridgehead atoms. The van der Waals surface area contributed by atoms with Gasteiger partial charge < -0.3 is 0 Å². The van der Waals surface area contributed by atoms with E-state index in [0.717, 1.165) is 0 Å². The van der Waals surface area contributed by atoms with Gasteiger partial charge in [-0.25, -0.2) is 4.21 Å². The Bertz CT molecular complexity index is 174. The van der Waals surface area contributed by atoms with Crippen LogP contribution in [0.2, 0.25) is 0 Å². The topological polar surface area (TPSA) is 26.3 Å². The summed E-state index contributed by atoms with van der Waals surface area (Å²) < 4.78 is 16.6. The molecule has 0 aromatic rings. The molecule has 1 unspecified atom stereocenters. The zero-order valence-corrected chi connectivity index (χ0v) is 10.5. The summed E-state index contributed by atoms with van der Waals surface area (Å²) in [5.41, 5.74) is 0.163. The van der Waals surface area contributed by atoms with Gasteiger partial charge in [0, 0.05) is 0 Å². The molecule has 3 heteroatoms. The van der Waals surface area contributed by atoms with Crippen LogP contribution in [-0.2, 0) is 15.3 Å². The second kappa shape index (κ2) is 4.56. The van der Waals surface area contributed by atoms with E-state index in [0.29, 0.717) is 12.4 Å². The molecule has 0 aliphatic heterocycles. The molecule has 0 rings (SSSR count). The summed E-state index contributed by atoms with van der Waals surface area (Å²) in [5, 5.41) is 0. The van der Waals surface area contributed by atoms with Gasteiger partial charge in [0.25, 0.3) is 0 Å². The summed E-state index contributed by atoms with van der Waals surface area (Å²) in [7, 11) is 0. The molecule has 0 amide bonds. The van der Waals surface area contributed by atoms with Gasteiger partial charge in [-0.3, -0.25) is 4.18 Å². The largest absolute Gasteiger partial charge is 0.290 e. The molecule has 0 fully saturated rings. The van der Waals surface area contributed by atoms with Crippen LogP contribution in [0.5, 0.6) is 0 Å². The van der Waals surface area contributed by atoms with E-state index in [9.17, 15) is 4.21 Å². The van der Waals surface area contributed by atoms with Crippen LogP contribution in [0.3, 0.4) is 0 Å². The second-order valence-corrected chi connectivity index (χ2v) is 6.96. The molecule has 0 saturated carbocycles. The first kappa shape index (κ1) is 13.1. The molecule has 0 aromatic heterocycles. The number of hydrogen-bond donors (Lipinski definition) is 0. The van der Waals surface area contributed by atoms with Crippen molar-refractivity contribution in [1.29, 1.82) is 0 Å². The minimum absolute atomic E-state index is 0.0722. The molecule has 13 heavy (non-hydrogen) atoms. The maximum absolute atomic E-state index is 11.4. The van der Waals surface area contributed by atoms with Crippen LogP contribution in [0.1, 0.15) is 41.5 Å². The molecule has 0 radical (unpaired) electrons. The molecular weight excluding hydrogens is 184 g/mol. The fraction of sp³-hybridized carbons (Fsp3) is 1.00. The summed E-state index contributed by atoms with van der Waals surface area (Å²) in [6.45, 7) is 12.9. The van der Waals surface area contributed by atoms with E-state index in [1.54, 1.807) is 0 Å². The molecule has 1 atom stereocenters. The standard InChI is InChI=1S/C10H22O2S/c1-9(2,3)7-12-13(11)8-10(4,5)6/h7-8H2,1-6H3. The van der Waals surface area contributed by atoms with Crippen molar-refractivity contribution in [1.82, 2.24) is 0 Å². The van der Waals surface area contributed by atoms with Gasteiger partial charge in [0.05, 0.1) is 12.4 Å². The van der Waals surface area contributed by atoms with Crippen molar-refractivity contribution in [3.05, 3.63) is 0 Å². The minimum Gasteiger partial charge on any atom is -0.290 e. The van der Waals surface area contributed by atoms with Crippen molar-refractivity contribution in [3.8, 4) is 0 Å². The summed E-state index contributed by atoms with van der Waals surface area (Å²) in [6, 6.07) is 0. The van der Waals surface area contributed by atoms with Crippen molar-refractivity contribution >= 4 is 11.1 Å². The highest BCUT2D eigenvalue weighted by Gasteiger charge is 2.18. The van der Waals surface area contributed by atoms with Crippen molar-refractivity contribution in [3.63, 3.8) is 0 Å². The zero-order chi connectivity index (χ0) is 10.7. The zero-order valence-electron chi connectivity index (χ0n) is 9.64. The highest BCUT2D eigenvalue weighted by Crippen LogP contribution is 2.18. The molecule has 0 aliphatic carbocycles. The molecule has 2 nitrogen and oxygen atoms in total. The Morgan fingerprint density at radius 2 is 1.46 bits per heavy atom. The smallest absolute Gasteiger partial charge is 0.155 e. The minimum atomic E-state index is -1.14. The van der Waals surface area contributed by atoms with E-state index >= 15 is 0 Å². The lowest BCUT2D eigenvalue weighted by atomic mass is 9.99. The Morgan fingerprint density at radius 1 is 1.00 bits per heavy atom. The van der Waals surface area contributed by atoms with Crippen LogP contribution >= 0.6 is 0 Å². The van der Waals surface area contributed by atoms with E-state index in [1.165, 1.54) is 0 Å². The van der Waals surface area contributed by atoms with Crippen LogP contribution < -0.4 is 0 Å². The van der Waals surface area contributed by atoms with Crippen molar-refractivity contribution in [2.45, 2.75) is 41.5 Å². The van der Waals surface area contributed by atoms with Crippen molar-refractivity contribution in [2.24, 2.45) is 10.8 Å². The second-order valence-electron chi connectivity index (χ2n) is 5.83. The third-order valence-electron chi connectivity index (χ3n) is 1.17. The number of hydrogen-bond acceptors (Lipinski definition) is 2. The Kier molecular flexibility index (Phi) is 4.60. The van der Waals surface area contributed by atoms with E-state index in [2.05, 4.69) is 41.5 Å². The van der Waals surface area contributed by atoms with Crippen LogP contribution in [0, 0.1) is 10.8 Å². The van der Waals surface area contributed by atoms with Crippen LogP contribution in [0.25, 0.3) is 0 Å². The van der Waals surface area contributed by atoms with Gasteiger partial charge >= 0.3 is 0 Å². The monoisotopic (exact) mass is 206 g/mol. The third kappa shape index (κ3) is 10.0. The van der Waals surface area contributed by atoms with Crippen molar-refractivity contribution in [2.75, 3.05) is 12.4 Å². The van der Waals surface area contributed by atoms with Gasteiger partial charge in [0.2, 0.25) is 0 Å². The highest BCUT2D eigenvalue weighted by molar-refractivity contribution is 7.80. The molecule has 0 saturated heterocycles. The summed E-state index contributed by atoms with van der Waals surface area (Å²) in [6.07, 6.45) is 0. The predicted octanol–water partition coefficient (Wildman–Crippen LogP) is 2.76.